The number of ether oxygens (including phenoxy) is 1. The molecule has 2 fully saturated rings. The Morgan fingerprint density at radius 1 is 1.22 bits per heavy atom. The van der Waals surface area contributed by atoms with Crippen molar-refractivity contribution in [3.63, 3.8) is 0 Å². The van der Waals surface area contributed by atoms with Crippen molar-refractivity contribution in [3.05, 3.63) is 35.9 Å². The second kappa shape index (κ2) is 7.79. The Morgan fingerprint density at radius 3 is 2.70 bits per heavy atom. The SMILES string of the molecule is CN1CCC(NC(=O)N2CCOC(Cc3ccccc3)C2)CC1. The van der Waals surface area contributed by atoms with Gasteiger partial charge in [-0.05, 0) is 38.5 Å². The molecule has 0 aliphatic carbocycles. The minimum absolute atomic E-state index is 0.0703. The molecule has 1 atom stereocenters. The number of piperidine rings is 1. The van der Waals surface area contributed by atoms with Gasteiger partial charge in [-0.1, -0.05) is 30.3 Å². The Kier molecular flexibility index (Phi) is 5.51. The van der Waals surface area contributed by atoms with Crippen LogP contribution in [0.1, 0.15) is 18.4 Å². The molecule has 2 saturated heterocycles. The highest BCUT2D eigenvalue weighted by Gasteiger charge is 2.26. The summed E-state index contributed by atoms with van der Waals surface area (Å²) in [7, 11) is 2.13. The molecule has 23 heavy (non-hydrogen) atoms. The number of rotatable bonds is 3. The van der Waals surface area contributed by atoms with E-state index in [4.69, 9.17) is 4.74 Å². The van der Waals surface area contributed by atoms with E-state index in [2.05, 4.69) is 29.4 Å². The molecule has 5 heteroatoms. The molecule has 0 saturated carbocycles. The van der Waals surface area contributed by atoms with Crippen LogP contribution in [0.3, 0.4) is 0 Å². The van der Waals surface area contributed by atoms with Gasteiger partial charge in [-0.2, -0.15) is 0 Å². The maximum atomic E-state index is 12.5. The van der Waals surface area contributed by atoms with Crippen molar-refractivity contribution in [2.45, 2.75) is 31.4 Å². The van der Waals surface area contributed by atoms with E-state index in [-0.39, 0.29) is 12.1 Å². The first-order valence-corrected chi connectivity index (χ1v) is 8.60. The number of amides is 2. The lowest BCUT2D eigenvalue weighted by atomic mass is 10.1. The maximum absolute atomic E-state index is 12.5. The Hall–Kier alpha value is -1.59. The first-order valence-electron chi connectivity index (χ1n) is 8.60. The molecule has 1 aromatic rings. The van der Waals surface area contributed by atoms with Crippen molar-refractivity contribution >= 4 is 6.03 Å². The van der Waals surface area contributed by atoms with E-state index >= 15 is 0 Å². The Bertz CT molecular complexity index is 500. The number of carbonyl (C=O) groups is 1. The normalized spacial score (nSPS) is 23.7. The quantitative estimate of drug-likeness (QED) is 0.923. The molecule has 1 unspecified atom stereocenters. The molecule has 0 radical (unpaired) electrons. The Balaban J connectivity index is 1.48. The van der Waals surface area contributed by atoms with Crippen molar-refractivity contribution in [1.82, 2.24) is 15.1 Å². The van der Waals surface area contributed by atoms with E-state index in [1.165, 1.54) is 5.56 Å². The van der Waals surface area contributed by atoms with Crippen LogP contribution in [0.4, 0.5) is 4.79 Å². The minimum Gasteiger partial charge on any atom is -0.374 e. The molecule has 5 nitrogen and oxygen atoms in total. The second-order valence-corrected chi connectivity index (χ2v) is 6.66. The predicted molar refractivity (Wildman–Crippen MR) is 90.5 cm³/mol. The molecular weight excluding hydrogens is 290 g/mol. The number of urea groups is 1. The highest BCUT2D eigenvalue weighted by atomic mass is 16.5. The highest BCUT2D eigenvalue weighted by Crippen LogP contribution is 2.13. The third kappa shape index (κ3) is 4.69. The summed E-state index contributed by atoms with van der Waals surface area (Å²) in [6.45, 7) is 4.10. The van der Waals surface area contributed by atoms with Crippen molar-refractivity contribution in [2.24, 2.45) is 0 Å². The molecule has 126 valence electrons. The summed E-state index contributed by atoms with van der Waals surface area (Å²) < 4.78 is 5.84. The molecule has 1 N–H and O–H groups in total. The van der Waals surface area contributed by atoms with Gasteiger partial charge in [-0.3, -0.25) is 0 Å². The van der Waals surface area contributed by atoms with Crippen LogP contribution in [0.15, 0.2) is 30.3 Å². The van der Waals surface area contributed by atoms with Crippen molar-refractivity contribution < 1.29 is 9.53 Å². The van der Waals surface area contributed by atoms with Gasteiger partial charge in [0.2, 0.25) is 0 Å². The molecule has 0 aromatic heterocycles. The van der Waals surface area contributed by atoms with E-state index < -0.39 is 0 Å². The van der Waals surface area contributed by atoms with E-state index in [1.54, 1.807) is 0 Å². The van der Waals surface area contributed by atoms with Crippen LogP contribution in [0, 0.1) is 0 Å². The molecule has 0 bridgehead atoms. The van der Waals surface area contributed by atoms with E-state index in [1.807, 2.05) is 23.1 Å². The zero-order valence-corrected chi connectivity index (χ0v) is 13.9. The van der Waals surface area contributed by atoms with E-state index in [0.29, 0.717) is 25.7 Å². The van der Waals surface area contributed by atoms with Gasteiger partial charge in [0.1, 0.15) is 0 Å². The number of carbonyl (C=O) groups excluding carboxylic acids is 1. The third-order valence-electron chi connectivity index (χ3n) is 4.78. The lowest BCUT2D eigenvalue weighted by Crippen LogP contribution is -2.53. The van der Waals surface area contributed by atoms with Crippen LogP contribution in [0.5, 0.6) is 0 Å². The predicted octanol–water partition coefficient (Wildman–Crippen LogP) is 1.73. The average molecular weight is 317 g/mol. The summed E-state index contributed by atoms with van der Waals surface area (Å²) in [5.41, 5.74) is 1.26. The summed E-state index contributed by atoms with van der Waals surface area (Å²) in [5, 5.41) is 3.20. The van der Waals surface area contributed by atoms with Crippen LogP contribution >= 0.6 is 0 Å². The van der Waals surface area contributed by atoms with E-state index in [9.17, 15) is 4.79 Å². The van der Waals surface area contributed by atoms with Gasteiger partial charge in [0.15, 0.2) is 0 Å². The summed E-state index contributed by atoms with van der Waals surface area (Å²) in [6, 6.07) is 10.7. The van der Waals surface area contributed by atoms with Gasteiger partial charge >= 0.3 is 6.03 Å². The monoisotopic (exact) mass is 317 g/mol. The number of morpholine rings is 1. The summed E-state index contributed by atoms with van der Waals surface area (Å²) in [4.78, 5) is 16.7. The van der Waals surface area contributed by atoms with Crippen LogP contribution in [-0.4, -0.2) is 67.8 Å². The lowest BCUT2D eigenvalue weighted by Gasteiger charge is -2.35. The zero-order valence-electron chi connectivity index (χ0n) is 13.9. The Labute approximate surface area is 138 Å². The average Bonchev–Trinajstić information content (AvgIpc) is 2.58. The van der Waals surface area contributed by atoms with Gasteiger partial charge in [0.25, 0.3) is 0 Å². The molecule has 1 aromatic carbocycles. The first kappa shape index (κ1) is 16.3. The van der Waals surface area contributed by atoms with Crippen molar-refractivity contribution in [2.75, 3.05) is 39.8 Å². The van der Waals surface area contributed by atoms with E-state index in [0.717, 1.165) is 32.4 Å². The van der Waals surface area contributed by atoms with Crippen LogP contribution < -0.4 is 5.32 Å². The number of benzene rings is 1. The largest absolute Gasteiger partial charge is 0.374 e. The fourth-order valence-corrected chi connectivity index (χ4v) is 3.32. The van der Waals surface area contributed by atoms with Crippen LogP contribution in [0.2, 0.25) is 0 Å². The summed E-state index contributed by atoms with van der Waals surface area (Å²) in [6.07, 6.45) is 3.04. The number of likely N-dealkylation sites (tertiary alicyclic amines) is 1. The number of nitrogens with one attached hydrogen (secondary N) is 1. The first-order chi connectivity index (χ1) is 11.2. The van der Waals surface area contributed by atoms with Crippen molar-refractivity contribution in [1.29, 1.82) is 0 Å². The minimum atomic E-state index is 0.0703. The summed E-state index contributed by atoms with van der Waals surface area (Å²) >= 11 is 0. The smallest absolute Gasteiger partial charge is 0.317 e. The van der Waals surface area contributed by atoms with Crippen LogP contribution in [-0.2, 0) is 11.2 Å². The van der Waals surface area contributed by atoms with Gasteiger partial charge in [-0.25, -0.2) is 4.79 Å². The maximum Gasteiger partial charge on any atom is 0.317 e. The lowest BCUT2D eigenvalue weighted by molar-refractivity contribution is -0.0138. The molecule has 2 amide bonds. The highest BCUT2D eigenvalue weighted by molar-refractivity contribution is 5.74. The zero-order chi connectivity index (χ0) is 16.1. The fourth-order valence-electron chi connectivity index (χ4n) is 3.32. The third-order valence-corrected chi connectivity index (χ3v) is 4.78. The number of hydrogen-bond acceptors (Lipinski definition) is 3. The number of hydrogen-bond donors (Lipinski definition) is 1. The number of nitrogens with zero attached hydrogens (tertiary/aromatic N) is 2. The second-order valence-electron chi connectivity index (χ2n) is 6.66. The molecule has 0 spiro atoms. The standard InChI is InChI=1S/C18H27N3O2/c1-20-9-7-16(8-10-20)19-18(22)21-11-12-23-17(14-21)13-15-5-3-2-4-6-15/h2-6,16-17H,7-14H2,1H3,(H,19,22). The summed E-state index contributed by atoms with van der Waals surface area (Å²) in [5.74, 6) is 0. The Morgan fingerprint density at radius 2 is 1.96 bits per heavy atom. The molecular formula is C18H27N3O2. The van der Waals surface area contributed by atoms with Gasteiger partial charge in [0, 0.05) is 25.6 Å². The van der Waals surface area contributed by atoms with Gasteiger partial charge in [0.05, 0.1) is 12.7 Å². The topological polar surface area (TPSA) is 44.8 Å². The fraction of sp³-hybridized carbons (Fsp3) is 0.611. The van der Waals surface area contributed by atoms with Gasteiger partial charge < -0.3 is 19.9 Å². The molecule has 2 heterocycles. The molecule has 3 rings (SSSR count). The molecule has 2 aliphatic rings. The molecule has 2 aliphatic heterocycles. The van der Waals surface area contributed by atoms with Crippen LogP contribution in [0.25, 0.3) is 0 Å². The van der Waals surface area contributed by atoms with Gasteiger partial charge in [-0.15, -0.1) is 0 Å². The van der Waals surface area contributed by atoms with Crippen molar-refractivity contribution in [3.8, 4) is 0 Å².